The SMILES string of the molecule is CC(CC(NN)c1cccc(Cl)c1Cl)CC(C)(C)C. The molecule has 1 rings (SSSR count). The van der Waals surface area contributed by atoms with Crippen molar-refractivity contribution in [1.82, 2.24) is 5.43 Å². The number of rotatable bonds is 5. The average molecular weight is 303 g/mol. The van der Waals surface area contributed by atoms with Gasteiger partial charge in [-0.25, -0.2) is 0 Å². The first-order chi connectivity index (χ1) is 8.74. The fraction of sp³-hybridized carbons (Fsp3) is 0.600. The van der Waals surface area contributed by atoms with Gasteiger partial charge >= 0.3 is 0 Å². The Morgan fingerprint density at radius 2 is 1.89 bits per heavy atom. The lowest BCUT2D eigenvalue weighted by Crippen LogP contribution is -2.30. The van der Waals surface area contributed by atoms with E-state index in [4.69, 9.17) is 29.0 Å². The van der Waals surface area contributed by atoms with E-state index in [1.54, 1.807) is 6.07 Å². The second kappa shape index (κ2) is 6.94. The predicted molar refractivity (Wildman–Crippen MR) is 84.4 cm³/mol. The summed E-state index contributed by atoms with van der Waals surface area (Å²) in [5.74, 6) is 6.24. The van der Waals surface area contributed by atoms with Crippen LogP contribution >= 0.6 is 23.2 Å². The summed E-state index contributed by atoms with van der Waals surface area (Å²) < 4.78 is 0. The Morgan fingerprint density at radius 3 is 2.42 bits per heavy atom. The van der Waals surface area contributed by atoms with Gasteiger partial charge in [-0.3, -0.25) is 11.3 Å². The Labute approximate surface area is 126 Å². The highest BCUT2D eigenvalue weighted by atomic mass is 35.5. The highest BCUT2D eigenvalue weighted by Gasteiger charge is 2.21. The molecule has 0 saturated heterocycles. The molecule has 108 valence electrons. The summed E-state index contributed by atoms with van der Waals surface area (Å²) in [5.41, 5.74) is 4.15. The van der Waals surface area contributed by atoms with Gasteiger partial charge in [-0.05, 0) is 35.8 Å². The van der Waals surface area contributed by atoms with Crippen LogP contribution < -0.4 is 11.3 Å². The molecule has 0 spiro atoms. The molecule has 0 radical (unpaired) electrons. The van der Waals surface area contributed by atoms with Gasteiger partial charge < -0.3 is 0 Å². The second-order valence-corrected chi connectivity index (χ2v) is 7.25. The topological polar surface area (TPSA) is 38.0 Å². The van der Waals surface area contributed by atoms with Crippen LogP contribution in [0, 0.1) is 11.3 Å². The maximum absolute atomic E-state index is 6.26. The maximum atomic E-state index is 6.26. The number of nitrogens with two attached hydrogens (primary N) is 1. The molecule has 2 unspecified atom stereocenters. The minimum atomic E-state index is 0.0311. The van der Waals surface area contributed by atoms with Crippen molar-refractivity contribution in [3.8, 4) is 0 Å². The lowest BCUT2D eigenvalue weighted by atomic mass is 9.82. The van der Waals surface area contributed by atoms with E-state index in [2.05, 4.69) is 33.1 Å². The first-order valence-electron chi connectivity index (χ1n) is 6.64. The number of halogens is 2. The molecule has 4 heteroatoms. The zero-order valence-corrected chi connectivity index (χ0v) is 13.6. The van der Waals surface area contributed by atoms with Gasteiger partial charge in [0.2, 0.25) is 0 Å². The molecule has 0 amide bonds. The zero-order chi connectivity index (χ0) is 14.6. The molecule has 0 saturated carbocycles. The van der Waals surface area contributed by atoms with Crippen LogP contribution in [0.2, 0.25) is 10.0 Å². The third-order valence-corrected chi connectivity index (χ3v) is 3.99. The van der Waals surface area contributed by atoms with Crippen LogP contribution in [0.3, 0.4) is 0 Å². The first kappa shape index (κ1) is 16.8. The Hall–Kier alpha value is -0.280. The van der Waals surface area contributed by atoms with E-state index < -0.39 is 0 Å². The summed E-state index contributed by atoms with van der Waals surface area (Å²) in [4.78, 5) is 0. The number of nitrogens with one attached hydrogen (secondary N) is 1. The molecular formula is C15H24Cl2N2. The minimum Gasteiger partial charge on any atom is -0.271 e. The van der Waals surface area contributed by atoms with Gasteiger partial charge in [0, 0.05) is 6.04 Å². The molecule has 0 aromatic heterocycles. The van der Waals surface area contributed by atoms with Gasteiger partial charge in [0.1, 0.15) is 0 Å². The smallest absolute Gasteiger partial charge is 0.0640 e. The van der Waals surface area contributed by atoms with Crippen molar-refractivity contribution in [1.29, 1.82) is 0 Å². The Bertz CT molecular complexity index is 413. The number of hydrazine groups is 1. The molecule has 2 atom stereocenters. The van der Waals surface area contributed by atoms with Crippen molar-refractivity contribution >= 4 is 23.2 Å². The van der Waals surface area contributed by atoms with Crippen molar-refractivity contribution in [2.75, 3.05) is 0 Å². The minimum absolute atomic E-state index is 0.0311. The molecule has 19 heavy (non-hydrogen) atoms. The van der Waals surface area contributed by atoms with E-state index in [0.717, 1.165) is 18.4 Å². The van der Waals surface area contributed by atoms with Gasteiger partial charge in [-0.1, -0.05) is 63.0 Å². The van der Waals surface area contributed by atoms with Crippen molar-refractivity contribution in [3.63, 3.8) is 0 Å². The third-order valence-electron chi connectivity index (χ3n) is 3.16. The quantitative estimate of drug-likeness (QED) is 0.596. The molecule has 0 aliphatic heterocycles. The van der Waals surface area contributed by atoms with Crippen LogP contribution in [0.4, 0.5) is 0 Å². The lowest BCUT2D eigenvalue weighted by Gasteiger charge is -2.27. The normalized spacial score (nSPS) is 15.3. The number of hydrogen-bond donors (Lipinski definition) is 2. The average Bonchev–Trinajstić information content (AvgIpc) is 2.27. The van der Waals surface area contributed by atoms with Gasteiger partial charge in [0.25, 0.3) is 0 Å². The molecule has 0 bridgehead atoms. The molecule has 3 N–H and O–H groups in total. The maximum Gasteiger partial charge on any atom is 0.0640 e. The first-order valence-corrected chi connectivity index (χ1v) is 7.40. The predicted octanol–water partition coefficient (Wildman–Crippen LogP) is 4.96. The summed E-state index contributed by atoms with van der Waals surface area (Å²) in [6.07, 6.45) is 2.08. The van der Waals surface area contributed by atoms with Crippen LogP contribution in [0.1, 0.15) is 52.1 Å². The van der Waals surface area contributed by atoms with E-state index in [-0.39, 0.29) is 6.04 Å². The summed E-state index contributed by atoms with van der Waals surface area (Å²) in [7, 11) is 0. The summed E-state index contributed by atoms with van der Waals surface area (Å²) in [6.45, 7) is 9.00. The van der Waals surface area contributed by atoms with Gasteiger partial charge in [0.15, 0.2) is 0 Å². The zero-order valence-electron chi connectivity index (χ0n) is 12.1. The molecule has 0 aliphatic rings. The molecule has 2 nitrogen and oxygen atoms in total. The Morgan fingerprint density at radius 1 is 1.26 bits per heavy atom. The fourth-order valence-corrected chi connectivity index (χ4v) is 3.05. The molecule has 1 aromatic rings. The van der Waals surface area contributed by atoms with Crippen LogP contribution in [-0.2, 0) is 0 Å². The summed E-state index contributed by atoms with van der Waals surface area (Å²) in [6, 6.07) is 5.70. The number of benzene rings is 1. The fourth-order valence-electron chi connectivity index (χ4n) is 2.61. The van der Waals surface area contributed by atoms with Gasteiger partial charge in [-0.2, -0.15) is 0 Å². The molecule has 0 aliphatic carbocycles. The Kier molecular flexibility index (Phi) is 6.13. The van der Waals surface area contributed by atoms with E-state index in [1.165, 1.54) is 0 Å². The number of hydrogen-bond acceptors (Lipinski definition) is 2. The Balaban J connectivity index is 2.81. The summed E-state index contributed by atoms with van der Waals surface area (Å²) >= 11 is 12.3. The standard InChI is InChI=1S/C15H24Cl2N2/c1-10(9-15(2,3)4)8-13(19-18)11-6-5-7-12(16)14(11)17/h5-7,10,13,19H,8-9,18H2,1-4H3. The largest absolute Gasteiger partial charge is 0.271 e. The van der Waals surface area contributed by atoms with Crippen LogP contribution in [0.25, 0.3) is 0 Å². The van der Waals surface area contributed by atoms with Crippen molar-refractivity contribution in [3.05, 3.63) is 33.8 Å². The third kappa shape index (κ3) is 5.31. The molecular weight excluding hydrogens is 279 g/mol. The van der Waals surface area contributed by atoms with E-state index in [9.17, 15) is 0 Å². The van der Waals surface area contributed by atoms with Crippen LogP contribution in [0.5, 0.6) is 0 Å². The molecule has 0 fully saturated rings. The van der Waals surface area contributed by atoms with Crippen molar-refractivity contribution in [2.24, 2.45) is 17.2 Å². The van der Waals surface area contributed by atoms with E-state index in [0.29, 0.717) is 21.4 Å². The van der Waals surface area contributed by atoms with E-state index in [1.807, 2.05) is 12.1 Å². The highest BCUT2D eigenvalue weighted by molar-refractivity contribution is 6.42. The van der Waals surface area contributed by atoms with Crippen LogP contribution in [-0.4, -0.2) is 0 Å². The van der Waals surface area contributed by atoms with Crippen LogP contribution in [0.15, 0.2) is 18.2 Å². The monoisotopic (exact) mass is 302 g/mol. The van der Waals surface area contributed by atoms with Gasteiger partial charge in [-0.15, -0.1) is 0 Å². The molecule has 0 heterocycles. The highest BCUT2D eigenvalue weighted by Crippen LogP contribution is 2.35. The summed E-state index contributed by atoms with van der Waals surface area (Å²) in [5, 5.41) is 1.16. The van der Waals surface area contributed by atoms with Crippen molar-refractivity contribution in [2.45, 2.75) is 46.6 Å². The second-order valence-electron chi connectivity index (χ2n) is 6.47. The lowest BCUT2D eigenvalue weighted by molar-refractivity contribution is 0.276. The van der Waals surface area contributed by atoms with Gasteiger partial charge in [0.05, 0.1) is 10.0 Å². The van der Waals surface area contributed by atoms with E-state index >= 15 is 0 Å². The molecule has 1 aromatic carbocycles. The van der Waals surface area contributed by atoms with Crippen molar-refractivity contribution < 1.29 is 0 Å².